The van der Waals surface area contributed by atoms with E-state index in [1.165, 1.54) is 205 Å². The van der Waals surface area contributed by atoms with Crippen molar-refractivity contribution in [1.29, 1.82) is 0 Å². The molecule has 0 saturated carbocycles. The maximum Gasteiger partial charge on any atom is 0.262 e. The highest BCUT2D eigenvalue weighted by molar-refractivity contribution is 7.14. The van der Waals surface area contributed by atoms with E-state index in [0.717, 1.165) is 61.1 Å². The van der Waals surface area contributed by atoms with E-state index in [9.17, 15) is 0 Å². The minimum atomic E-state index is -0.292. The average Bonchev–Trinajstić information content (AvgIpc) is 4.26. The van der Waals surface area contributed by atoms with Gasteiger partial charge in [-0.2, -0.15) is 0 Å². The Labute approximate surface area is 483 Å². The highest BCUT2D eigenvalue weighted by Gasteiger charge is 2.44. The second-order valence-corrected chi connectivity index (χ2v) is 25.9. The van der Waals surface area contributed by atoms with Gasteiger partial charge in [0.1, 0.15) is 0 Å². The van der Waals surface area contributed by atoms with Crippen molar-refractivity contribution in [3.8, 4) is 20.9 Å². The molecule has 2 aromatic heterocycles. The van der Waals surface area contributed by atoms with Gasteiger partial charge in [0.2, 0.25) is 0 Å². The molecule has 0 spiro atoms. The summed E-state index contributed by atoms with van der Waals surface area (Å²) < 4.78 is 0. The Kier molecular flexibility index (Phi) is 29.9. The second kappa shape index (κ2) is 36.7. The molecule has 2 unspecified atom stereocenters. The summed E-state index contributed by atoms with van der Waals surface area (Å²) >= 11 is 3.11. The number of thiophene rings is 2. The van der Waals surface area contributed by atoms with Crippen LogP contribution in [0.15, 0.2) is 47.2 Å². The lowest BCUT2D eigenvalue weighted by Gasteiger charge is -2.36. The van der Waals surface area contributed by atoms with Crippen molar-refractivity contribution in [3.05, 3.63) is 69.4 Å². The molecule has 432 valence electrons. The molecule has 2 aliphatic rings. The van der Waals surface area contributed by atoms with Crippen LogP contribution < -0.4 is 0 Å². The summed E-state index contributed by atoms with van der Waals surface area (Å²) in [6, 6.07) is 11.9. The molecule has 0 saturated heterocycles. The lowest BCUT2D eigenvalue weighted by atomic mass is 9.80. The van der Waals surface area contributed by atoms with Gasteiger partial charge in [-0.15, -0.1) is 22.7 Å². The van der Waals surface area contributed by atoms with Gasteiger partial charge in [-0.25, -0.2) is 0 Å². The standard InChI is InChI=1S/C70H106N2O4S2/c1-5-9-13-17-21-25-27-31-35-39-45-55(43-37-33-29-23-19-15-11-7-3)53-71-67(73)59-51-58(62-48-42-50-78-62)66-64-60(52-57(61-47-41-49-77-61)65(63(59)64)69(71)75)68(74)72(70(66)76)54-56(44-38-34-30-24-20-16-12-8-4)46-40-36-32-28-26-22-18-14-10-6-2/h41-42,47-52,55-56H,5-40,43-46,53-54H2,1-4H3. The Bertz CT molecular complexity index is 2190. The zero-order chi connectivity index (χ0) is 55.2. The molecule has 2 atom stereocenters. The summed E-state index contributed by atoms with van der Waals surface area (Å²) in [7, 11) is 0. The molecule has 4 amide bonds. The van der Waals surface area contributed by atoms with E-state index in [2.05, 4.69) is 27.7 Å². The summed E-state index contributed by atoms with van der Waals surface area (Å²) in [6.45, 7) is 9.87. The van der Waals surface area contributed by atoms with Crippen LogP contribution in [0.2, 0.25) is 0 Å². The van der Waals surface area contributed by atoms with Crippen LogP contribution >= 0.6 is 22.7 Å². The Balaban J connectivity index is 1.27. The van der Waals surface area contributed by atoms with Crippen molar-refractivity contribution in [2.75, 3.05) is 13.1 Å². The van der Waals surface area contributed by atoms with Crippen molar-refractivity contribution in [2.24, 2.45) is 11.8 Å². The third-order valence-corrected chi connectivity index (χ3v) is 19.4. The Morgan fingerprint density at radius 3 is 0.833 bits per heavy atom. The highest BCUT2D eigenvalue weighted by atomic mass is 32.1. The second-order valence-electron chi connectivity index (χ2n) is 24.0. The Hall–Kier alpha value is -3.62. The molecule has 8 heteroatoms. The predicted octanol–water partition coefficient (Wildman–Crippen LogP) is 22.4. The number of amides is 4. The number of hydrogen-bond donors (Lipinski definition) is 0. The van der Waals surface area contributed by atoms with Gasteiger partial charge in [0.25, 0.3) is 23.6 Å². The number of nitrogens with zero attached hydrogens (tertiary/aromatic N) is 2. The van der Waals surface area contributed by atoms with Crippen LogP contribution in [0.1, 0.15) is 326 Å². The maximum atomic E-state index is 15.5. The van der Waals surface area contributed by atoms with Crippen LogP contribution in [-0.4, -0.2) is 46.5 Å². The van der Waals surface area contributed by atoms with Gasteiger partial charge in [-0.05, 0) is 72.5 Å². The van der Waals surface area contributed by atoms with Crippen LogP contribution in [0.25, 0.3) is 31.7 Å². The van der Waals surface area contributed by atoms with Crippen LogP contribution in [0.5, 0.6) is 0 Å². The SMILES string of the molecule is CCCCCCCCCCCCC(CCCCCCCCCC)CN1C(=O)c2cc(-c3cccs3)c3c4c(cc(-c5cccs5)c(c24)C1=O)C(=O)N(CC(CCCCCCCCCC)CCCCCCCCCCCC)C3=O. The molecule has 2 aromatic carbocycles. The van der Waals surface area contributed by atoms with E-state index in [4.69, 9.17) is 0 Å². The molecule has 0 fully saturated rings. The molecule has 6 nitrogen and oxygen atoms in total. The van der Waals surface area contributed by atoms with Crippen molar-refractivity contribution in [1.82, 2.24) is 9.80 Å². The molecular formula is C70H106N2O4S2. The monoisotopic (exact) mass is 1100 g/mol. The number of imide groups is 2. The number of unbranched alkanes of at least 4 members (excludes halogenated alkanes) is 32. The van der Waals surface area contributed by atoms with Crippen molar-refractivity contribution >= 4 is 57.1 Å². The number of carbonyl (C=O) groups excluding carboxylic acids is 4. The normalized spacial score (nSPS) is 14.2. The first-order chi connectivity index (χ1) is 38.3. The van der Waals surface area contributed by atoms with E-state index in [-0.39, 0.29) is 35.5 Å². The fraction of sp³-hybridized carbons (Fsp3) is 0.686. The first-order valence-corrected chi connectivity index (χ1v) is 34.6. The maximum absolute atomic E-state index is 15.5. The molecule has 0 radical (unpaired) electrons. The highest BCUT2D eigenvalue weighted by Crippen LogP contribution is 2.48. The van der Waals surface area contributed by atoms with Crippen LogP contribution in [0, 0.1) is 11.8 Å². The molecule has 2 aliphatic heterocycles. The third kappa shape index (κ3) is 19.3. The van der Waals surface area contributed by atoms with Crippen molar-refractivity contribution in [3.63, 3.8) is 0 Å². The first kappa shape index (κ1) is 63.6. The van der Waals surface area contributed by atoms with Crippen LogP contribution in [0.4, 0.5) is 0 Å². The predicted molar refractivity (Wildman–Crippen MR) is 336 cm³/mol. The molecule has 0 aliphatic carbocycles. The van der Waals surface area contributed by atoms with Crippen LogP contribution in [-0.2, 0) is 0 Å². The van der Waals surface area contributed by atoms with Gasteiger partial charge >= 0.3 is 0 Å². The largest absolute Gasteiger partial charge is 0.274 e. The van der Waals surface area contributed by atoms with Gasteiger partial charge in [-0.1, -0.05) is 271 Å². The molecule has 4 aromatic rings. The van der Waals surface area contributed by atoms with E-state index in [1.807, 2.05) is 47.2 Å². The Morgan fingerprint density at radius 2 is 0.590 bits per heavy atom. The fourth-order valence-corrected chi connectivity index (χ4v) is 14.4. The minimum absolute atomic E-state index is 0.208. The number of rotatable bonds is 46. The van der Waals surface area contributed by atoms with Crippen LogP contribution in [0.3, 0.4) is 0 Å². The molecular weight excluding hydrogens is 997 g/mol. The minimum Gasteiger partial charge on any atom is -0.274 e. The summed E-state index contributed by atoms with van der Waals surface area (Å²) in [5.74, 6) is -0.742. The fourth-order valence-electron chi connectivity index (χ4n) is 12.9. The van der Waals surface area contributed by atoms with Gasteiger partial charge < -0.3 is 0 Å². The Morgan fingerprint density at radius 1 is 0.333 bits per heavy atom. The molecule has 0 bridgehead atoms. The number of carbonyl (C=O) groups is 4. The lowest BCUT2D eigenvalue weighted by Crippen LogP contribution is -2.46. The number of hydrogen-bond acceptors (Lipinski definition) is 6. The molecule has 4 heterocycles. The topological polar surface area (TPSA) is 74.8 Å². The first-order valence-electron chi connectivity index (χ1n) is 32.8. The van der Waals surface area contributed by atoms with Gasteiger partial charge in [0, 0.05) is 55.9 Å². The zero-order valence-electron chi connectivity index (χ0n) is 49.8. The number of benzene rings is 2. The zero-order valence-corrected chi connectivity index (χ0v) is 51.4. The summed E-state index contributed by atoms with van der Waals surface area (Å²) in [5.41, 5.74) is 3.22. The van der Waals surface area contributed by atoms with Crippen molar-refractivity contribution in [2.45, 2.75) is 285 Å². The van der Waals surface area contributed by atoms with E-state index in [1.54, 1.807) is 32.5 Å². The average molecular weight is 1100 g/mol. The molecule has 78 heavy (non-hydrogen) atoms. The smallest absolute Gasteiger partial charge is 0.262 e. The van der Waals surface area contributed by atoms with E-state index in [0.29, 0.717) is 57.2 Å². The summed E-state index contributed by atoms with van der Waals surface area (Å²) in [5, 5.41) is 5.03. The van der Waals surface area contributed by atoms with E-state index >= 15 is 19.2 Å². The quantitative estimate of drug-likeness (QED) is 0.0326. The van der Waals surface area contributed by atoms with Crippen molar-refractivity contribution < 1.29 is 19.2 Å². The molecule has 6 rings (SSSR count). The van der Waals surface area contributed by atoms with Gasteiger partial charge in [-0.3, -0.25) is 29.0 Å². The van der Waals surface area contributed by atoms with Gasteiger partial charge in [0.05, 0.1) is 11.1 Å². The summed E-state index contributed by atoms with van der Waals surface area (Å²) in [6.07, 6.45) is 49.5. The summed E-state index contributed by atoms with van der Waals surface area (Å²) in [4.78, 5) is 66.7. The third-order valence-electron chi connectivity index (χ3n) is 17.6. The van der Waals surface area contributed by atoms with Gasteiger partial charge in [0.15, 0.2) is 0 Å². The van der Waals surface area contributed by atoms with E-state index < -0.39 is 0 Å². The molecule has 0 N–H and O–H groups in total. The lowest BCUT2D eigenvalue weighted by molar-refractivity contribution is 0.0557.